The summed E-state index contributed by atoms with van der Waals surface area (Å²) in [4.78, 5) is 25.0. The fraction of sp³-hybridized carbons (Fsp3) is 0.833. The number of amides is 1. The Kier molecular flexibility index (Phi) is 3.12. The van der Waals surface area contributed by atoms with E-state index in [0.29, 0.717) is 26.0 Å². The first-order valence-corrected chi connectivity index (χ1v) is 6.00. The molecule has 0 aromatic carbocycles. The first kappa shape index (κ1) is 12.4. The molecule has 0 bridgehead atoms. The highest BCUT2D eigenvalue weighted by Crippen LogP contribution is 2.28. The van der Waals surface area contributed by atoms with Crippen molar-refractivity contribution in [3.05, 3.63) is 0 Å². The van der Waals surface area contributed by atoms with Crippen molar-refractivity contribution in [3.8, 4) is 0 Å². The zero-order valence-electron chi connectivity index (χ0n) is 10.6. The number of ketones is 1. The van der Waals surface area contributed by atoms with Crippen molar-refractivity contribution < 1.29 is 19.1 Å². The lowest BCUT2D eigenvalue weighted by Gasteiger charge is -2.37. The highest BCUT2D eigenvalue weighted by molar-refractivity contribution is 5.83. The average molecular weight is 241 g/mol. The Hall–Kier alpha value is -1.10. The highest BCUT2D eigenvalue weighted by atomic mass is 16.6. The van der Waals surface area contributed by atoms with E-state index in [9.17, 15) is 9.59 Å². The molecule has 0 N–H and O–H groups in total. The van der Waals surface area contributed by atoms with Crippen LogP contribution in [0.2, 0.25) is 0 Å². The van der Waals surface area contributed by atoms with Gasteiger partial charge in [-0.1, -0.05) is 0 Å². The summed E-state index contributed by atoms with van der Waals surface area (Å²) in [5.74, 6) is 0.162. The van der Waals surface area contributed by atoms with E-state index in [4.69, 9.17) is 9.47 Å². The predicted molar refractivity (Wildman–Crippen MR) is 60.7 cm³/mol. The van der Waals surface area contributed by atoms with Crippen LogP contribution in [-0.2, 0) is 14.3 Å². The molecule has 0 aromatic rings. The van der Waals surface area contributed by atoms with Crippen LogP contribution in [0.25, 0.3) is 0 Å². The normalized spacial score (nSPS) is 29.1. The van der Waals surface area contributed by atoms with Crippen LogP contribution in [0.4, 0.5) is 4.79 Å². The van der Waals surface area contributed by atoms with Crippen LogP contribution < -0.4 is 0 Å². The topological polar surface area (TPSA) is 55.8 Å². The lowest BCUT2D eigenvalue weighted by Crippen LogP contribution is -2.52. The minimum Gasteiger partial charge on any atom is -0.444 e. The summed E-state index contributed by atoms with van der Waals surface area (Å²) < 4.78 is 10.9. The van der Waals surface area contributed by atoms with Crippen LogP contribution in [0.15, 0.2) is 0 Å². The van der Waals surface area contributed by atoms with Gasteiger partial charge in [0.25, 0.3) is 0 Å². The second-order valence-corrected chi connectivity index (χ2v) is 5.60. The number of carbonyl (C=O) groups is 2. The Bertz CT molecular complexity index is 334. The first-order chi connectivity index (χ1) is 7.87. The minimum absolute atomic E-state index is 0.133. The van der Waals surface area contributed by atoms with Crippen LogP contribution in [0, 0.1) is 0 Å². The molecule has 96 valence electrons. The SMILES string of the molecule is CC(C)(C)OC(=O)N1CCO[C@H]2CC(=O)C[C@H]21. The Labute approximate surface area is 101 Å². The maximum absolute atomic E-state index is 12.0. The molecule has 0 aromatic heterocycles. The van der Waals surface area contributed by atoms with E-state index < -0.39 is 5.60 Å². The standard InChI is InChI=1S/C12H19NO4/c1-12(2,3)17-11(15)13-4-5-16-10-7-8(14)6-9(10)13/h9-10H,4-7H2,1-3H3/t9-,10+/m1/s1. The molecule has 1 saturated heterocycles. The van der Waals surface area contributed by atoms with Gasteiger partial charge < -0.3 is 9.47 Å². The Morgan fingerprint density at radius 3 is 2.76 bits per heavy atom. The second-order valence-electron chi connectivity index (χ2n) is 5.60. The zero-order chi connectivity index (χ0) is 12.6. The molecule has 2 atom stereocenters. The summed E-state index contributed by atoms with van der Waals surface area (Å²) in [6, 6.07) is -0.133. The van der Waals surface area contributed by atoms with Gasteiger partial charge in [-0.25, -0.2) is 4.79 Å². The second kappa shape index (κ2) is 4.29. The number of hydrogen-bond acceptors (Lipinski definition) is 4. The molecule has 0 unspecified atom stereocenters. The van der Waals surface area contributed by atoms with Crippen molar-refractivity contribution in [2.45, 2.75) is 51.4 Å². The summed E-state index contributed by atoms with van der Waals surface area (Å²) in [6.45, 7) is 6.49. The third kappa shape index (κ3) is 2.77. The molecule has 1 aliphatic carbocycles. The van der Waals surface area contributed by atoms with Gasteiger partial charge in [0.2, 0.25) is 0 Å². The summed E-state index contributed by atoms with van der Waals surface area (Å²) in [5.41, 5.74) is -0.506. The number of rotatable bonds is 0. The third-order valence-electron chi connectivity index (χ3n) is 2.99. The predicted octanol–water partition coefficient (Wildman–Crippen LogP) is 1.35. The van der Waals surface area contributed by atoms with Crippen molar-refractivity contribution in [2.24, 2.45) is 0 Å². The lowest BCUT2D eigenvalue weighted by atomic mass is 10.1. The van der Waals surface area contributed by atoms with E-state index in [1.165, 1.54) is 0 Å². The molecular weight excluding hydrogens is 222 g/mol. The van der Waals surface area contributed by atoms with Crippen LogP contribution >= 0.6 is 0 Å². The molecule has 2 rings (SSSR count). The summed E-state index contributed by atoms with van der Waals surface area (Å²) in [5, 5.41) is 0. The number of nitrogens with zero attached hydrogens (tertiary/aromatic N) is 1. The van der Waals surface area contributed by atoms with Crippen molar-refractivity contribution in [1.82, 2.24) is 4.90 Å². The molecule has 1 aliphatic heterocycles. The molecule has 1 heterocycles. The van der Waals surface area contributed by atoms with Crippen LogP contribution in [0.3, 0.4) is 0 Å². The van der Waals surface area contributed by atoms with E-state index in [-0.39, 0.29) is 24.0 Å². The van der Waals surface area contributed by atoms with E-state index in [1.54, 1.807) is 4.90 Å². The largest absolute Gasteiger partial charge is 0.444 e. The molecular formula is C12H19NO4. The van der Waals surface area contributed by atoms with Crippen molar-refractivity contribution in [3.63, 3.8) is 0 Å². The first-order valence-electron chi connectivity index (χ1n) is 6.00. The van der Waals surface area contributed by atoms with Crippen molar-refractivity contribution in [2.75, 3.05) is 13.2 Å². The Balaban J connectivity index is 2.05. The molecule has 2 fully saturated rings. The van der Waals surface area contributed by atoms with Gasteiger partial charge in [0.15, 0.2) is 0 Å². The van der Waals surface area contributed by atoms with E-state index in [1.807, 2.05) is 20.8 Å². The van der Waals surface area contributed by atoms with Gasteiger partial charge in [0, 0.05) is 19.4 Å². The van der Waals surface area contributed by atoms with Crippen molar-refractivity contribution >= 4 is 11.9 Å². The van der Waals surface area contributed by atoms with Gasteiger partial charge in [0.1, 0.15) is 11.4 Å². The molecule has 5 nitrogen and oxygen atoms in total. The summed E-state index contributed by atoms with van der Waals surface area (Å²) in [6.07, 6.45) is 0.336. The van der Waals surface area contributed by atoms with Crippen molar-refractivity contribution in [1.29, 1.82) is 0 Å². The van der Waals surface area contributed by atoms with Gasteiger partial charge in [-0.15, -0.1) is 0 Å². The molecule has 1 saturated carbocycles. The van der Waals surface area contributed by atoms with Crippen LogP contribution in [0.5, 0.6) is 0 Å². The molecule has 17 heavy (non-hydrogen) atoms. The maximum atomic E-state index is 12.0. The minimum atomic E-state index is -0.506. The van der Waals surface area contributed by atoms with Gasteiger partial charge in [0.05, 0.1) is 18.8 Å². The Morgan fingerprint density at radius 1 is 1.41 bits per heavy atom. The summed E-state index contributed by atoms with van der Waals surface area (Å²) in [7, 11) is 0. The third-order valence-corrected chi connectivity index (χ3v) is 2.99. The molecule has 0 radical (unpaired) electrons. The highest BCUT2D eigenvalue weighted by Gasteiger charge is 2.43. The molecule has 5 heteroatoms. The fourth-order valence-corrected chi connectivity index (χ4v) is 2.30. The van der Waals surface area contributed by atoms with E-state index >= 15 is 0 Å². The number of fused-ring (bicyclic) bond motifs is 1. The smallest absolute Gasteiger partial charge is 0.410 e. The lowest BCUT2D eigenvalue weighted by molar-refractivity contribution is -0.118. The maximum Gasteiger partial charge on any atom is 0.410 e. The van der Waals surface area contributed by atoms with Gasteiger partial charge in [-0.2, -0.15) is 0 Å². The molecule has 0 spiro atoms. The zero-order valence-corrected chi connectivity index (χ0v) is 10.6. The quantitative estimate of drug-likeness (QED) is 0.642. The van der Waals surface area contributed by atoms with Gasteiger partial charge in [-0.05, 0) is 20.8 Å². The molecule has 2 aliphatic rings. The monoisotopic (exact) mass is 241 g/mol. The number of morpholine rings is 1. The van der Waals surface area contributed by atoms with Crippen LogP contribution in [0.1, 0.15) is 33.6 Å². The number of ether oxygens (including phenoxy) is 2. The van der Waals surface area contributed by atoms with Gasteiger partial charge >= 0.3 is 6.09 Å². The van der Waals surface area contributed by atoms with Gasteiger partial charge in [-0.3, -0.25) is 9.69 Å². The summed E-state index contributed by atoms with van der Waals surface area (Å²) >= 11 is 0. The van der Waals surface area contributed by atoms with Crippen LogP contribution in [-0.4, -0.2) is 47.7 Å². The van der Waals surface area contributed by atoms with E-state index in [0.717, 1.165) is 0 Å². The number of Topliss-reactive ketones (excluding diaryl/α,β-unsaturated/α-hetero) is 1. The average Bonchev–Trinajstić information content (AvgIpc) is 2.54. The number of carbonyl (C=O) groups excluding carboxylic acids is 2. The fourth-order valence-electron chi connectivity index (χ4n) is 2.30. The van der Waals surface area contributed by atoms with E-state index in [2.05, 4.69) is 0 Å². The number of hydrogen-bond donors (Lipinski definition) is 0. The Morgan fingerprint density at radius 2 is 2.12 bits per heavy atom. The molecule has 1 amide bonds.